The van der Waals surface area contributed by atoms with E-state index in [1.54, 1.807) is 0 Å². The first-order valence-electron chi connectivity index (χ1n) is 9.60. The van der Waals surface area contributed by atoms with Crippen molar-refractivity contribution < 1.29 is 9.53 Å². The van der Waals surface area contributed by atoms with Crippen molar-refractivity contribution in [1.82, 2.24) is 15.1 Å². The topological polar surface area (TPSA) is 44.8 Å². The van der Waals surface area contributed by atoms with Crippen LogP contribution in [0.25, 0.3) is 0 Å². The minimum Gasteiger partial charge on any atom is -0.381 e. The minimum atomic E-state index is 0.384. The number of amides is 1. The van der Waals surface area contributed by atoms with Gasteiger partial charge in [-0.05, 0) is 57.0 Å². The van der Waals surface area contributed by atoms with Gasteiger partial charge in [-0.2, -0.15) is 0 Å². The molecule has 0 atom stereocenters. The van der Waals surface area contributed by atoms with E-state index >= 15 is 0 Å². The molecule has 3 fully saturated rings. The predicted octanol–water partition coefficient (Wildman–Crippen LogP) is 1.34. The lowest BCUT2D eigenvalue weighted by atomic mass is 9.93. The second kappa shape index (κ2) is 9.00. The van der Waals surface area contributed by atoms with Gasteiger partial charge >= 0.3 is 0 Å². The molecule has 1 N–H and O–H groups in total. The Morgan fingerprint density at radius 3 is 2.35 bits per heavy atom. The number of nitrogens with zero attached hydrogens (tertiary/aromatic N) is 2. The first kappa shape index (κ1) is 17.2. The van der Waals surface area contributed by atoms with Gasteiger partial charge in [0.05, 0.1) is 0 Å². The highest BCUT2D eigenvalue weighted by molar-refractivity contribution is 5.76. The molecule has 0 aromatic rings. The predicted molar refractivity (Wildman–Crippen MR) is 91.4 cm³/mol. The number of hydrogen-bond donors (Lipinski definition) is 1. The molecule has 5 heteroatoms. The molecule has 0 unspecified atom stereocenters. The van der Waals surface area contributed by atoms with Crippen LogP contribution in [0.2, 0.25) is 0 Å². The summed E-state index contributed by atoms with van der Waals surface area (Å²) in [6, 6.07) is 0. The summed E-state index contributed by atoms with van der Waals surface area (Å²) in [5, 5.41) is 3.40. The van der Waals surface area contributed by atoms with Gasteiger partial charge in [-0.15, -0.1) is 0 Å². The molecule has 0 aliphatic carbocycles. The van der Waals surface area contributed by atoms with Gasteiger partial charge in [0, 0.05) is 52.4 Å². The molecule has 0 radical (unpaired) electrons. The van der Waals surface area contributed by atoms with Crippen molar-refractivity contribution in [2.75, 3.05) is 59.0 Å². The third-order valence-electron chi connectivity index (χ3n) is 5.81. The highest BCUT2D eigenvalue weighted by atomic mass is 16.5. The monoisotopic (exact) mass is 323 g/mol. The lowest BCUT2D eigenvalue weighted by Gasteiger charge is -2.37. The second-order valence-corrected chi connectivity index (χ2v) is 7.47. The van der Waals surface area contributed by atoms with E-state index in [0.717, 1.165) is 77.2 Å². The first-order chi connectivity index (χ1) is 11.3. The Morgan fingerprint density at radius 1 is 0.957 bits per heavy atom. The first-order valence-corrected chi connectivity index (χ1v) is 9.60. The van der Waals surface area contributed by atoms with Gasteiger partial charge < -0.3 is 15.0 Å². The molecule has 23 heavy (non-hydrogen) atoms. The fraction of sp³-hybridized carbons (Fsp3) is 0.944. The van der Waals surface area contributed by atoms with Gasteiger partial charge in [0.1, 0.15) is 0 Å². The van der Waals surface area contributed by atoms with Crippen LogP contribution in [0.15, 0.2) is 0 Å². The molecule has 5 nitrogen and oxygen atoms in total. The molecule has 1 amide bonds. The van der Waals surface area contributed by atoms with E-state index in [0.29, 0.717) is 5.91 Å². The van der Waals surface area contributed by atoms with Crippen molar-refractivity contribution in [2.24, 2.45) is 11.8 Å². The van der Waals surface area contributed by atoms with Gasteiger partial charge in [0.15, 0.2) is 0 Å². The van der Waals surface area contributed by atoms with Gasteiger partial charge in [-0.1, -0.05) is 0 Å². The molecule has 132 valence electrons. The van der Waals surface area contributed by atoms with Crippen molar-refractivity contribution in [3.63, 3.8) is 0 Å². The zero-order valence-electron chi connectivity index (χ0n) is 14.5. The average molecular weight is 323 g/mol. The maximum atomic E-state index is 12.4. The third-order valence-corrected chi connectivity index (χ3v) is 5.81. The highest BCUT2D eigenvalue weighted by Gasteiger charge is 2.24. The number of carbonyl (C=O) groups excluding carboxylic acids is 1. The van der Waals surface area contributed by atoms with Gasteiger partial charge in [-0.3, -0.25) is 9.69 Å². The normalized spacial score (nSPS) is 25.7. The molecule has 0 aromatic heterocycles. The Bertz CT molecular complexity index is 357. The summed E-state index contributed by atoms with van der Waals surface area (Å²) in [5.41, 5.74) is 0. The summed E-state index contributed by atoms with van der Waals surface area (Å²) in [5.74, 6) is 1.94. The quantitative estimate of drug-likeness (QED) is 0.829. The third kappa shape index (κ3) is 5.44. The molecular formula is C18H33N3O2. The van der Waals surface area contributed by atoms with Crippen LogP contribution in [0.1, 0.15) is 38.5 Å². The summed E-state index contributed by atoms with van der Waals surface area (Å²) in [7, 11) is 0. The maximum absolute atomic E-state index is 12.4. The van der Waals surface area contributed by atoms with Crippen molar-refractivity contribution in [3.8, 4) is 0 Å². The van der Waals surface area contributed by atoms with Crippen LogP contribution in [0.5, 0.6) is 0 Å². The van der Waals surface area contributed by atoms with Crippen LogP contribution in [0, 0.1) is 11.8 Å². The van der Waals surface area contributed by atoms with Crippen LogP contribution in [-0.4, -0.2) is 74.7 Å². The molecule has 3 heterocycles. The number of piperidine rings is 1. The summed E-state index contributed by atoms with van der Waals surface area (Å²) in [6.45, 7) is 9.27. The Morgan fingerprint density at radius 2 is 1.65 bits per heavy atom. The van der Waals surface area contributed by atoms with Crippen molar-refractivity contribution in [3.05, 3.63) is 0 Å². The Balaban J connectivity index is 1.32. The van der Waals surface area contributed by atoms with Crippen LogP contribution in [-0.2, 0) is 9.53 Å². The summed E-state index contributed by atoms with van der Waals surface area (Å²) < 4.78 is 5.44. The second-order valence-electron chi connectivity index (χ2n) is 7.47. The standard InChI is InChI=1S/C18H33N3O2/c22-18(2-1-16-3-7-19-8-4-16)21-11-9-20(10-12-21)15-17-5-13-23-14-6-17/h16-17,19H,1-15H2. The van der Waals surface area contributed by atoms with Crippen LogP contribution >= 0.6 is 0 Å². The smallest absolute Gasteiger partial charge is 0.222 e. The number of piperazine rings is 1. The van der Waals surface area contributed by atoms with E-state index in [9.17, 15) is 4.79 Å². The number of ether oxygens (including phenoxy) is 1. The molecule has 0 aromatic carbocycles. The van der Waals surface area contributed by atoms with E-state index < -0.39 is 0 Å². The van der Waals surface area contributed by atoms with Crippen LogP contribution in [0.3, 0.4) is 0 Å². The molecule has 0 bridgehead atoms. The van der Waals surface area contributed by atoms with Crippen LogP contribution < -0.4 is 5.32 Å². The van der Waals surface area contributed by atoms with E-state index in [4.69, 9.17) is 4.74 Å². The number of rotatable bonds is 5. The summed E-state index contributed by atoms with van der Waals surface area (Å²) in [4.78, 5) is 17.1. The molecule has 3 saturated heterocycles. The molecular weight excluding hydrogens is 290 g/mol. The zero-order valence-corrected chi connectivity index (χ0v) is 14.5. The van der Waals surface area contributed by atoms with Gasteiger partial charge in [-0.25, -0.2) is 0 Å². The summed E-state index contributed by atoms with van der Waals surface area (Å²) >= 11 is 0. The SMILES string of the molecule is O=C(CCC1CCNCC1)N1CCN(CC2CCOCC2)CC1. The highest BCUT2D eigenvalue weighted by Crippen LogP contribution is 2.20. The van der Waals surface area contributed by atoms with Gasteiger partial charge in [0.2, 0.25) is 5.91 Å². The molecule has 0 spiro atoms. The largest absolute Gasteiger partial charge is 0.381 e. The van der Waals surface area contributed by atoms with E-state index in [1.807, 2.05) is 0 Å². The van der Waals surface area contributed by atoms with E-state index in [2.05, 4.69) is 15.1 Å². The Hall–Kier alpha value is -0.650. The fourth-order valence-electron chi connectivity index (χ4n) is 4.13. The fourth-order valence-corrected chi connectivity index (χ4v) is 4.13. The maximum Gasteiger partial charge on any atom is 0.222 e. The van der Waals surface area contributed by atoms with Gasteiger partial charge in [0.25, 0.3) is 0 Å². The van der Waals surface area contributed by atoms with Crippen molar-refractivity contribution in [1.29, 1.82) is 0 Å². The van der Waals surface area contributed by atoms with E-state index in [1.165, 1.54) is 32.2 Å². The Labute approximate surface area is 140 Å². The van der Waals surface area contributed by atoms with E-state index in [-0.39, 0.29) is 0 Å². The molecule has 3 aliphatic rings. The van der Waals surface area contributed by atoms with Crippen LogP contribution in [0.4, 0.5) is 0 Å². The number of hydrogen-bond acceptors (Lipinski definition) is 4. The zero-order chi connectivity index (χ0) is 15.9. The summed E-state index contributed by atoms with van der Waals surface area (Å²) in [6.07, 6.45) is 6.73. The number of carbonyl (C=O) groups is 1. The molecule has 0 saturated carbocycles. The molecule has 3 rings (SSSR count). The average Bonchev–Trinajstić information content (AvgIpc) is 2.62. The Kier molecular flexibility index (Phi) is 6.72. The minimum absolute atomic E-state index is 0.384. The lowest BCUT2D eigenvalue weighted by molar-refractivity contribution is -0.133. The molecule has 3 aliphatic heterocycles. The van der Waals surface area contributed by atoms with Crippen molar-refractivity contribution >= 4 is 5.91 Å². The number of nitrogens with one attached hydrogen (secondary N) is 1. The lowest BCUT2D eigenvalue weighted by Crippen LogP contribution is -2.50. The van der Waals surface area contributed by atoms with Crippen molar-refractivity contribution in [2.45, 2.75) is 38.5 Å².